The molecule has 1 aliphatic rings. The fraction of sp³-hybridized carbons (Fsp3) is 0.722. The predicted octanol–water partition coefficient (Wildman–Crippen LogP) is 1.30. The average molecular weight is 400 g/mol. The number of hydrogen-bond donors (Lipinski definition) is 3. The van der Waals surface area contributed by atoms with Crippen LogP contribution in [0.3, 0.4) is 0 Å². The van der Waals surface area contributed by atoms with E-state index in [1.807, 2.05) is 19.1 Å². The van der Waals surface area contributed by atoms with E-state index in [1.165, 1.54) is 19.3 Å². The standard InChI is InChI=1S/C18H33N5O3S/c1-3-19-18(20-10-11-22-27(24,25)4-2)21-15-16(17-9-8-14-26-17)23-12-6-5-7-13-23/h8-9,14,16,22H,3-7,10-13,15H2,1-2H3,(H2,19,20,21). The summed E-state index contributed by atoms with van der Waals surface area (Å²) in [5.74, 6) is 1.70. The van der Waals surface area contributed by atoms with Crippen molar-refractivity contribution in [2.75, 3.05) is 45.0 Å². The van der Waals surface area contributed by atoms with E-state index >= 15 is 0 Å². The summed E-state index contributed by atoms with van der Waals surface area (Å²) in [5.41, 5.74) is 0. The Labute approximate surface area is 162 Å². The Morgan fingerprint density at radius 1 is 1.22 bits per heavy atom. The van der Waals surface area contributed by atoms with Gasteiger partial charge in [0.1, 0.15) is 5.76 Å². The summed E-state index contributed by atoms with van der Waals surface area (Å²) in [6.07, 6.45) is 5.40. The lowest BCUT2D eigenvalue weighted by Crippen LogP contribution is -2.42. The highest BCUT2D eigenvalue weighted by molar-refractivity contribution is 7.89. The Bertz CT molecular complexity index is 655. The Hall–Kier alpha value is -1.58. The molecule has 0 radical (unpaired) electrons. The van der Waals surface area contributed by atoms with E-state index in [2.05, 4.69) is 20.3 Å². The molecule has 2 heterocycles. The molecule has 9 heteroatoms. The molecule has 1 aliphatic heterocycles. The molecule has 3 N–H and O–H groups in total. The van der Waals surface area contributed by atoms with Gasteiger partial charge < -0.3 is 15.1 Å². The van der Waals surface area contributed by atoms with E-state index in [-0.39, 0.29) is 11.8 Å². The number of guanidine groups is 1. The molecule has 0 spiro atoms. The van der Waals surface area contributed by atoms with Crippen molar-refractivity contribution in [1.82, 2.24) is 20.3 Å². The van der Waals surface area contributed by atoms with Gasteiger partial charge in [0, 0.05) is 19.6 Å². The van der Waals surface area contributed by atoms with Gasteiger partial charge in [-0.25, -0.2) is 13.1 Å². The van der Waals surface area contributed by atoms with Gasteiger partial charge in [-0.1, -0.05) is 6.42 Å². The fourth-order valence-electron chi connectivity index (χ4n) is 3.11. The molecule has 1 atom stereocenters. The van der Waals surface area contributed by atoms with E-state index in [0.29, 0.717) is 25.6 Å². The third-order valence-corrected chi connectivity index (χ3v) is 5.99. The van der Waals surface area contributed by atoms with Crippen LogP contribution in [0, 0.1) is 0 Å². The van der Waals surface area contributed by atoms with Crippen molar-refractivity contribution in [3.8, 4) is 0 Å². The van der Waals surface area contributed by atoms with E-state index in [0.717, 1.165) is 25.4 Å². The highest BCUT2D eigenvalue weighted by Gasteiger charge is 2.24. The molecule has 2 rings (SSSR count). The molecule has 1 unspecified atom stereocenters. The van der Waals surface area contributed by atoms with Crippen LogP contribution in [0.2, 0.25) is 0 Å². The van der Waals surface area contributed by atoms with Gasteiger partial charge in [-0.3, -0.25) is 9.89 Å². The summed E-state index contributed by atoms with van der Waals surface area (Å²) < 4.78 is 31.2. The van der Waals surface area contributed by atoms with Crippen LogP contribution in [0.25, 0.3) is 0 Å². The van der Waals surface area contributed by atoms with Crippen molar-refractivity contribution in [2.24, 2.45) is 4.99 Å². The van der Waals surface area contributed by atoms with Crippen molar-refractivity contribution in [1.29, 1.82) is 0 Å². The predicted molar refractivity (Wildman–Crippen MR) is 108 cm³/mol. The molecule has 8 nitrogen and oxygen atoms in total. The van der Waals surface area contributed by atoms with Gasteiger partial charge in [0.15, 0.2) is 5.96 Å². The van der Waals surface area contributed by atoms with Crippen molar-refractivity contribution >= 4 is 16.0 Å². The van der Waals surface area contributed by atoms with Gasteiger partial charge in [0.25, 0.3) is 0 Å². The van der Waals surface area contributed by atoms with Crippen LogP contribution in [-0.4, -0.2) is 64.3 Å². The lowest BCUT2D eigenvalue weighted by molar-refractivity contribution is 0.150. The summed E-state index contributed by atoms with van der Waals surface area (Å²) in [5, 5.41) is 6.39. The molecule has 1 aromatic rings. The molecule has 27 heavy (non-hydrogen) atoms. The molecule has 0 aromatic carbocycles. The molecule has 1 saturated heterocycles. The van der Waals surface area contributed by atoms with E-state index in [1.54, 1.807) is 13.2 Å². The first-order valence-corrected chi connectivity index (χ1v) is 11.5. The Morgan fingerprint density at radius 2 is 2.00 bits per heavy atom. The van der Waals surface area contributed by atoms with E-state index in [4.69, 9.17) is 9.41 Å². The average Bonchev–Trinajstić information content (AvgIpc) is 3.20. The number of likely N-dealkylation sites (tertiary alicyclic amines) is 1. The van der Waals surface area contributed by atoms with Gasteiger partial charge in [-0.15, -0.1) is 0 Å². The van der Waals surface area contributed by atoms with Gasteiger partial charge in [-0.2, -0.15) is 0 Å². The summed E-state index contributed by atoms with van der Waals surface area (Å²) in [6, 6.07) is 4.04. The van der Waals surface area contributed by atoms with Crippen molar-refractivity contribution in [2.45, 2.75) is 39.2 Å². The summed E-state index contributed by atoms with van der Waals surface area (Å²) in [6.45, 7) is 7.87. The smallest absolute Gasteiger partial charge is 0.211 e. The maximum absolute atomic E-state index is 11.5. The Balaban J connectivity index is 1.95. The van der Waals surface area contributed by atoms with E-state index in [9.17, 15) is 8.42 Å². The number of nitrogens with zero attached hydrogens (tertiary/aromatic N) is 2. The van der Waals surface area contributed by atoms with Crippen LogP contribution in [0.1, 0.15) is 44.9 Å². The first-order chi connectivity index (χ1) is 13.1. The molecule has 0 saturated carbocycles. The van der Waals surface area contributed by atoms with Crippen LogP contribution < -0.4 is 15.4 Å². The lowest BCUT2D eigenvalue weighted by Gasteiger charge is -2.32. The number of aliphatic imine (C=N–C) groups is 1. The van der Waals surface area contributed by atoms with E-state index < -0.39 is 10.0 Å². The van der Waals surface area contributed by atoms with Crippen LogP contribution in [0.15, 0.2) is 27.8 Å². The molecule has 154 valence electrons. The summed E-state index contributed by atoms with van der Waals surface area (Å²) in [4.78, 5) is 7.15. The number of furan rings is 1. The zero-order valence-corrected chi connectivity index (χ0v) is 17.2. The topological polar surface area (TPSA) is 99.0 Å². The number of nitrogens with one attached hydrogen (secondary N) is 3. The molecule has 0 amide bonds. The molecule has 1 aromatic heterocycles. The zero-order valence-electron chi connectivity index (χ0n) is 16.4. The first kappa shape index (κ1) is 21.7. The highest BCUT2D eigenvalue weighted by Crippen LogP contribution is 2.25. The second-order valence-electron chi connectivity index (χ2n) is 6.57. The first-order valence-electron chi connectivity index (χ1n) is 9.82. The van der Waals surface area contributed by atoms with Crippen molar-refractivity contribution in [3.05, 3.63) is 24.2 Å². The largest absolute Gasteiger partial charge is 0.468 e. The number of piperidine rings is 1. The van der Waals surface area contributed by atoms with Gasteiger partial charge in [0.2, 0.25) is 10.0 Å². The minimum absolute atomic E-state index is 0.0851. The van der Waals surface area contributed by atoms with Crippen LogP contribution in [0.4, 0.5) is 0 Å². The van der Waals surface area contributed by atoms with Crippen molar-refractivity contribution in [3.63, 3.8) is 0 Å². The van der Waals surface area contributed by atoms with Crippen LogP contribution >= 0.6 is 0 Å². The monoisotopic (exact) mass is 399 g/mol. The molecule has 0 aliphatic carbocycles. The lowest BCUT2D eigenvalue weighted by atomic mass is 10.1. The zero-order chi connectivity index (χ0) is 19.5. The maximum atomic E-state index is 11.5. The maximum Gasteiger partial charge on any atom is 0.211 e. The Kier molecular flexibility index (Phi) is 9.09. The summed E-state index contributed by atoms with van der Waals surface area (Å²) in [7, 11) is -3.17. The number of sulfonamides is 1. The quantitative estimate of drug-likeness (QED) is 0.312. The Morgan fingerprint density at radius 3 is 2.63 bits per heavy atom. The highest BCUT2D eigenvalue weighted by atomic mass is 32.2. The van der Waals surface area contributed by atoms with Crippen LogP contribution in [-0.2, 0) is 10.0 Å². The summed E-state index contributed by atoms with van der Waals surface area (Å²) >= 11 is 0. The second-order valence-corrected chi connectivity index (χ2v) is 8.67. The third kappa shape index (κ3) is 7.51. The SMILES string of the molecule is CCNC(=NCC(c1ccco1)N1CCCCC1)NCCNS(=O)(=O)CC. The third-order valence-electron chi connectivity index (χ3n) is 4.59. The fourth-order valence-corrected chi connectivity index (χ4v) is 3.72. The van der Waals surface area contributed by atoms with Gasteiger partial charge in [0.05, 0.1) is 24.6 Å². The van der Waals surface area contributed by atoms with Crippen molar-refractivity contribution < 1.29 is 12.8 Å². The minimum Gasteiger partial charge on any atom is -0.468 e. The molecular weight excluding hydrogens is 366 g/mol. The number of rotatable bonds is 10. The molecule has 1 fully saturated rings. The molecular formula is C18H33N5O3S. The van der Waals surface area contributed by atoms with Crippen LogP contribution in [0.5, 0.6) is 0 Å². The second kappa shape index (κ2) is 11.3. The number of hydrogen-bond acceptors (Lipinski definition) is 5. The molecule has 0 bridgehead atoms. The van der Waals surface area contributed by atoms with Gasteiger partial charge >= 0.3 is 0 Å². The van der Waals surface area contributed by atoms with Gasteiger partial charge in [-0.05, 0) is 51.9 Å². The minimum atomic E-state index is -3.17. The normalized spacial score (nSPS) is 17.6.